The second-order valence-corrected chi connectivity index (χ2v) is 8.68. The summed E-state index contributed by atoms with van der Waals surface area (Å²) in [6, 6.07) is 10.2. The number of thioether (sulfide) groups is 1. The van der Waals surface area contributed by atoms with E-state index in [0.717, 1.165) is 23.0 Å². The highest BCUT2D eigenvalue weighted by Gasteiger charge is 2.16. The van der Waals surface area contributed by atoms with Gasteiger partial charge in [-0.25, -0.2) is 9.97 Å². The van der Waals surface area contributed by atoms with Gasteiger partial charge in [0.05, 0.1) is 0 Å². The molecule has 0 N–H and O–H groups in total. The summed E-state index contributed by atoms with van der Waals surface area (Å²) in [4.78, 5) is 25.0. The summed E-state index contributed by atoms with van der Waals surface area (Å²) in [7, 11) is 0. The summed E-state index contributed by atoms with van der Waals surface area (Å²) in [5.74, 6) is 0.781. The molecule has 0 saturated heterocycles. The van der Waals surface area contributed by atoms with Crippen molar-refractivity contribution in [3.05, 3.63) is 82.3 Å². The maximum atomic E-state index is 12.6. The minimum absolute atomic E-state index is 0.0753. The monoisotopic (exact) mass is 380 g/mol. The lowest BCUT2D eigenvalue weighted by molar-refractivity contribution is 0.325. The first-order valence-corrected chi connectivity index (χ1v) is 9.90. The van der Waals surface area contributed by atoms with Gasteiger partial charge in [0, 0.05) is 42.9 Å². The zero-order valence-electron chi connectivity index (χ0n) is 15.9. The van der Waals surface area contributed by atoms with Crippen molar-refractivity contribution in [1.29, 1.82) is 0 Å². The van der Waals surface area contributed by atoms with E-state index < -0.39 is 0 Å². The molecule has 3 rings (SSSR count). The summed E-state index contributed by atoms with van der Waals surface area (Å²) in [6.45, 7) is 7.33. The quantitative estimate of drug-likeness (QED) is 0.478. The van der Waals surface area contributed by atoms with Crippen molar-refractivity contribution in [1.82, 2.24) is 19.5 Å². The third-order valence-corrected chi connectivity index (χ3v) is 4.95. The highest BCUT2D eigenvalue weighted by Crippen LogP contribution is 2.24. The van der Waals surface area contributed by atoms with E-state index in [1.54, 1.807) is 24.2 Å². The molecule has 27 heavy (non-hydrogen) atoms. The maximum absolute atomic E-state index is 12.6. The van der Waals surface area contributed by atoms with E-state index in [1.165, 1.54) is 11.9 Å². The number of rotatable bonds is 6. The highest BCUT2D eigenvalue weighted by molar-refractivity contribution is 7.98. The maximum Gasteiger partial charge on any atom is 0.277 e. The van der Waals surface area contributed by atoms with E-state index in [0.29, 0.717) is 12.0 Å². The van der Waals surface area contributed by atoms with Crippen LogP contribution in [-0.2, 0) is 18.7 Å². The molecular weight excluding hydrogens is 356 g/mol. The fraction of sp³-hybridized carbons (Fsp3) is 0.333. The SMILES string of the molecule is CC(C)(C)Cn1cc(Cc2cncnc2)c(=O)nc1SCc1ccccc1. The van der Waals surface area contributed by atoms with Crippen molar-refractivity contribution in [2.24, 2.45) is 5.41 Å². The normalized spacial score (nSPS) is 11.5. The molecule has 2 heterocycles. The van der Waals surface area contributed by atoms with Crippen LogP contribution in [0.2, 0.25) is 0 Å². The molecule has 1 aromatic carbocycles. The first kappa shape index (κ1) is 19.3. The van der Waals surface area contributed by atoms with Crippen molar-refractivity contribution in [2.45, 2.75) is 44.6 Å². The van der Waals surface area contributed by atoms with Gasteiger partial charge in [-0.3, -0.25) is 4.79 Å². The molecule has 5 nitrogen and oxygen atoms in total. The molecule has 0 spiro atoms. The fourth-order valence-electron chi connectivity index (χ4n) is 2.75. The standard InChI is InChI=1S/C21H24N4OS/c1-21(2,3)14-25-12-18(9-17-10-22-15-23-11-17)19(26)24-20(25)27-13-16-7-5-4-6-8-16/h4-8,10-12,15H,9,13-14H2,1-3H3. The van der Waals surface area contributed by atoms with Gasteiger partial charge >= 0.3 is 0 Å². The zero-order chi connectivity index (χ0) is 19.3. The molecule has 0 aliphatic heterocycles. The molecule has 0 amide bonds. The minimum atomic E-state index is -0.181. The van der Waals surface area contributed by atoms with Gasteiger partial charge in [0.25, 0.3) is 5.56 Å². The molecule has 0 unspecified atom stereocenters. The third kappa shape index (κ3) is 5.76. The number of hydrogen-bond donors (Lipinski definition) is 0. The van der Waals surface area contributed by atoms with Crippen LogP contribution in [0.15, 0.2) is 65.2 Å². The Morgan fingerprint density at radius 2 is 1.74 bits per heavy atom. The van der Waals surface area contributed by atoms with E-state index in [-0.39, 0.29) is 11.0 Å². The summed E-state index contributed by atoms with van der Waals surface area (Å²) >= 11 is 1.60. The van der Waals surface area contributed by atoms with Crippen LogP contribution < -0.4 is 5.56 Å². The Morgan fingerprint density at radius 1 is 1.04 bits per heavy atom. The van der Waals surface area contributed by atoms with Crippen LogP contribution in [-0.4, -0.2) is 19.5 Å². The van der Waals surface area contributed by atoms with Crippen molar-refractivity contribution in [3.8, 4) is 0 Å². The molecule has 0 fully saturated rings. The molecule has 6 heteroatoms. The Bertz CT molecular complexity index is 934. The zero-order valence-corrected chi connectivity index (χ0v) is 16.7. The number of aromatic nitrogens is 4. The van der Waals surface area contributed by atoms with Crippen LogP contribution in [0.1, 0.15) is 37.5 Å². The predicted octanol–water partition coefficient (Wildman–Crippen LogP) is 3.96. The largest absolute Gasteiger partial charge is 0.326 e. The minimum Gasteiger partial charge on any atom is -0.326 e. The summed E-state index contributed by atoms with van der Waals surface area (Å²) in [5, 5.41) is 0.756. The average Bonchev–Trinajstić information content (AvgIpc) is 2.63. The second-order valence-electron chi connectivity index (χ2n) is 7.74. The third-order valence-electron chi connectivity index (χ3n) is 3.89. The number of nitrogens with zero attached hydrogens (tertiary/aromatic N) is 4. The molecule has 3 aromatic rings. The Balaban J connectivity index is 1.89. The first-order valence-electron chi connectivity index (χ1n) is 8.92. The summed E-state index contributed by atoms with van der Waals surface area (Å²) in [6.07, 6.45) is 7.39. The highest BCUT2D eigenvalue weighted by atomic mass is 32.2. The Hall–Kier alpha value is -2.47. The van der Waals surface area contributed by atoms with Crippen LogP contribution in [0.4, 0.5) is 0 Å². The molecule has 0 atom stereocenters. The Labute approximate surface area is 163 Å². The molecule has 0 aliphatic rings. The average molecular weight is 381 g/mol. The van der Waals surface area contributed by atoms with Crippen LogP contribution in [0.25, 0.3) is 0 Å². The molecule has 0 bridgehead atoms. The van der Waals surface area contributed by atoms with Crippen molar-refractivity contribution >= 4 is 11.8 Å². The smallest absolute Gasteiger partial charge is 0.277 e. The van der Waals surface area contributed by atoms with Gasteiger partial charge in [0.2, 0.25) is 0 Å². The Kier molecular flexibility index (Phi) is 6.06. The fourth-order valence-corrected chi connectivity index (χ4v) is 3.66. The molecule has 0 aliphatic carbocycles. The topological polar surface area (TPSA) is 60.7 Å². The molecule has 2 aromatic heterocycles. The van der Waals surface area contributed by atoms with Crippen LogP contribution in [0.3, 0.4) is 0 Å². The van der Waals surface area contributed by atoms with Gasteiger partial charge in [-0.05, 0) is 16.5 Å². The lowest BCUT2D eigenvalue weighted by Gasteiger charge is -2.23. The molecular formula is C21H24N4OS. The van der Waals surface area contributed by atoms with Crippen molar-refractivity contribution in [3.63, 3.8) is 0 Å². The van der Waals surface area contributed by atoms with E-state index in [9.17, 15) is 4.79 Å². The molecule has 0 saturated carbocycles. The number of hydrogen-bond acceptors (Lipinski definition) is 5. The lowest BCUT2D eigenvalue weighted by Crippen LogP contribution is -2.24. The van der Waals surface area contributed by atoms with Gasteiger partial charge in [0.15, 0.2) is 5.16 Å². The van der Waals surface area contributed by atoms with Gasteiger partial charge in [-0.15, -0.1) is 0 Å². The second kappa shape index (κ2) is 8.48. The van der Waals surface area contributed by atoms with Crippen LogP contribution >= 0.6 is 11.8 Å². The molecule has 0 radical (unpaired) electrons. The van der Waals surface area contributed by atoms with E-state index in [1.807, 2.05) is 24.4 Å². The Morgan fingerprint density at radius 3 is 2.41 bits per heavy atom. The predicted molar refractivity (Wildman–Crippen MR) is 109 cm³/mol. The van der Waals surface area contributed by atoms with Crippen LogP contribution in [0.5, 0.6) is 0 Å². The summed E-state index contributed by atoms with van der Waals surface area (Å²) in [5.41, 5.74) is 2.68. The first-order chi connectivity index (χ1) is 12.9. The van der Waals surface area contributed by atoms with Gasteiger partial charge in [-0.2, -0.15) is 4.98 Å². The van der Waals surface area contributed by atoms with Gasteiger partial charge in [0.1, 0.15) is 6.33 Å². The van der Waals surface area contributed by atoms with Gasteiger partial charge < -0.3 is 4.57 Å². The van der Waals surface area contributed by atoms with Crippen LogP contribution in [0, 0.1) is 5.41 Å². The van der Waals surface area contributed by atoms with E-state index in [2.05, 4.69) is 52.4 Å². The number of benzene rings is 1. The lowest BCUT2D eigenvalue weighted by atomic mass is 9.97. The summed E-state index contributed by atoms with van der Waals surface area (Å²) < 4.78 is 2.11. The van der Waals surface area contributed by atoms with Gasteiger partial charge in [-0.1, -0.05) is 62.9 Å². The molecule has 140 valence electrons. The van der Waals surface area contributed by atoms with E-state index in [4.69, 9.17) is 0 Å². The van der Waals surface area contributed by atoms with Crippen molar-refractivity contribution < 1.29 is 0 Å². The van der Waals surface area contributed by atoms with Crippen molar-refractivity contribution in [2.75, 3.05) is 0 Å². The van der Waals surface area contributed by atoms with E-state index >= 15 is 0 Å².